The number of amides is 2. The van der Waals surface area contributed by atoms with E-state index in [1.807, 2.05) is 6.07 Å². The first kappa shape index (κ1) is 23.7. The molecule has 0 aliphatic carbocycles. The van der Waals surface area contributed by atoms with Crippen LogP contribution in [-0.4, -0.2) is 71.0 Å². The summed E-state index contributed by atoms with van der Waals surface area (Å²) in [7, 11) is 0. The van der Waals surface area contributed by atoms with Gasteiger partial charge in [-0.2, -0.15) is 0 Å². The van der Waals surface area contributed by atoms with Crippen LogP contribution in [0.3, 0.4) is 0 Å². The predicted octanol–water partition coefficient (Wildman–Crippen LogP) is 2.31. The van der Waals surface area contributed by atoms with Gasteiger partial charge >= 0.3 is 12.1 Å². The fraction of sp³-hybridized carbons (Fsp3) is 0.565. The number of nitrogens with zero attached hydrogens (tertiary/aromatic N) is 2. The van der Waals surface area contributed by atoms with Crippen LogP contribution in [0.25, 0.3) is 0 Å². The van der Waals surface area contributed by atoms with Crippen LogP contribution in [0.4, 0.5) is 4.79 Å². The van der Waals surface area contributed by atoms with Crippen LogP contribution in [0.1, 0.15) is 56.8 Å². The number of benzene rings is 1. The van der Waals surface area contributed by atoms with Crippen molar-refractivity contribution in [3.8, 4) is 0 Å². The smallest absolute Gasteiger partial charge is 0.411 e. The third-order valence-electron chi connectivity index (χ3n) is 5.37. The van der Waals surface area contributed by atoms with Crippen molar-refractivity contribution >= 4 is 23.8 Å². The third-order valence-corrected chi connectivity index (χ3v) is 5.37. The average molecular weight is 446 g/mol. The molecule has 1 aromatic carbocycles. The molecule has 2 saturated heterocycles. The number of Topliss-reactive ketones (excluding diaryl/α,β-unsaturated/α-hetero) is 1. The summed E-state index contributed by atoms with van der Waals surface area (Å²) < 4.78 is 5.38. The lowest BCUT2D eigenvalue weighted by molar-refractivity contribution is -0.136. The molecule has 1 aromatic rings. The lowest BCUT2D eigenvalue weighted by Crippen LogP contribution is -2.57. The van der Waals surface area contributed by atoms with Crippen molar-refractivity contribution in [3.05, 3.63) is 35.9 Å². The van der Waals surface area contributed by atoms with E-state index in [1.165, 1.54) is 4.90 Å². The minimum absolute atomic E-state index is 0.0894. The molecule has 1 atom stereocenters. The maximum atomic E-state index is 12.9. The maximum absolute atomic E-state index is 12.9. The molecule has 0 spiro atoms. The van der Waals surface area contributed by atoms with Crippen LogP contribution in [0.2, 0.25) is 0 Å². The van der Waals surface area contributed by atoms with E-state index in [1.54, 1.807) is 50.1 Å². The zero-order valence-corrected chi connectivity index (χ0v) is 18.8. The van der Waals surface area contributed by atoms with Crippen molar-refractivity contribution in [2.75, 3.05) is 19.6 Å². The summed E-state index contributed by atoms with van der Waals surface area (Å²) in [5.74, 6) is -0.788. The number of ether oxygens (including phenoxy) is 1. The first-order valence-electron chi connectivity index (χ1n) is 11.0. The molecule has 0 radical (unpaired) electrons. The Morgan fingerprint density at radius 1 is 1.03 bits per heavy atom. The van der Waals surface area contributed by atoms with E-state index in [2.05, 4.69) is 5.32 Å². The second kappa shape index (κ2) is 10.1. The summed E-state index contributed by atoms with van der Waals surface area (Å²) in [6, 6.07) is 7.93. The number of hydrogen-bond acceptors (Lipinski definition) is 7. The van der Waals surface area contributed by atoms with Crippen molar-refractivity contribution in [1.29, 1.82) is 0 Å². The molecule has 9 heteroatoms. The quantitative estimate of drug-likeness (QED) is 0.758. The van der Waals surface area contributed by atoms with Gasteiger partial charge in [-0.1, -0.05) is 18.2 Å². The van der Waals surface area contributed by atoms with E-state index < -0.39 is 23.7 Å². The Bertz CT molecular complexity index is 843. The number of carbonyl (C=O) groups excluding carboxylic acids is 4. The molecule has 0 unspecified atom stereocenters. The van der Waals surface area contributed by atoms with Gasteiger partial charge < -0.3 is 14.9 Å². The Kier molecular flexibility index (Phi) is 7.50. The van der Waals surface area contributed by atoms with Crippen molar-refractivity contribution < 1.29 is 28.8 Å². The normalized spacial score (nSPS) is 20.5. The second-order valence-corrected chi connectivity index (χ2v) is 9.16. The third kappa shape index (κ3) is 6.53. The monoisotopic (exact) mass is 445 g/mol. The highest BCUT2D eigenvalue weighted by atomic mass is 16.7. The van der Waals surface area contributed by atoms with Crippen molar-refractivity contribution in [2.24, 2.45) is 0 Å². The van der Waals surface area contributed by atoms with Crippen LogP contribution in [0.5, 0.6) is 0 Å². The van der Waals surface area contributed by atoms with E-state index in [9.17, 15) is 19.2 Å². The van der Waals surface area contributed by atoms with E-state index >= 15 is 0 Å². The van der Waals surface area contributed by atoms with Crippen LogP contribution in [0.15, 0.2) is 30.3 Å². The number of piperidine rings is 2. The number of likely N-dealkylation sites (tertiary alicyclic amines) is 1. The van der Waals surface area contributed by atoms with Gasteiger partial charge in [-0.05, 0) is 52.2 Å². The van der Waals surface area contributed by atoms with Gasteiger partial charge in [0.2, 0.25) is 5.91 Å². The number of hydrogen-bond donors (Lipinski definition) is 1. The maximum Gasteiger partial charge on any atom is 0.411 e. The van der Waals surface area contributed by atoms with Gasteiger partial charge in [0.05, 0.1) is 12.1 Å². The Balaban J connectivity index is 1.51. The lowest BCUT2D eigenvalue weighted by Gasteiger charge is -2.37. The predicted molar refractivity (Wildman–Crippen MR) is 116 cm³/mol. The summed E-state index contributed by atoms with van der Waals surface area (Å²) in [6.07, 6.45) is 1.08. The Hall–Kier alpha value is -2.94. The van der Waals surface area contributed by atoms with Gasteiger partial charge in [-0.15, -0.1) is 5.06 Å². The van der Waals surface area contributed by atoms with E-state index in [0.717, 1.165) is 0 Å². The molecule has 2 amide bonds. The molecule has 174 valence electrons. The van der Waals surface area contributed by atoms with E-state index in [4.69, 9.17) is 9.57 Å². The molecule has 2 fully saturated rings. The van der Waals surface area contributed by atoms with Gasteiger partial charge in [-0.3, -0.25) is 14.5 Å². The Morgan fingerprint density at radius 3 is 2.31 bits per heavy atom. The Morgan fingerprint density at radius 2 is 1.69 bits per heavy atom. The highest BCUT2D eigenvalue weighted by molar-refractivity contribution is 5.92. The van der Waals surface area contributed by atoms with Crippen LogP contribution in [-0.2, 0) is 19.2 Å². The molecule has 3 rings (SSSR count). The molecule has 2 heterocycles. The fourth-order valence-electron chi connectivity index (χ4n) is 3.75. The highest BCUT2D eigenvalue weighted by Gasteiger charge is 2.38. The lowest BCUT2D eigenvalue weighted by atomic mass is 9.99. The van der Waals surface area contributed by atoms with Crippen LogP contribution >= 0.6 is 0 Å². The Labute approximate surface area is 188 Å². The summed E-state index contributed by atoms with van der Waals surface area (Å²) in [6.45, 7) is 6.07. The molecule has 0 saturated carbocycles. The molecule has 2 aliphatic heterocycles. The molecule has 2 aliphatic rings. The van der Waals surface area contributed by atoms with E-state index in [-0.39, 0.29) is 37.1 Å². The molecular formula is C23H31N3O6. The molecule has 9 nitrogen and oxygen atoms in total. The largest absolute Gasteiger partial charge is 0.444 e. The van der Waals surface area contributed by atoms with Gasteiger partial charge in [0.1, 0.15) is 11.6 Å². The second-order valence-electron chi connectivity index (χ2n) is 9.16. The van der Waals surface area contributed by atoms with Gasteiger partial charge in [0.25, 0.3) is 0 Å². The SMILES string of the molecule is CC(C)(C)OC(=O)N1CC(=O)CC[C@H]1C(=O)NC1CCN(OC(=O)c2ccccc2)CC1. The molecule has 1 N–H and O–H groups in total. The minimum Gasteiger partial charge on any atom is -0.444 e. The summed E-state index contributed by atoms with van der Waals surface area (Å²) in [5.41, 5.74) is -0.236. The molecule has 0 bridgehead atoms. The fourth-order valence-corrected chi connectivity index (χ4v) is 3.75. The first-order chi connectivity index (χ1) is 15.1. The zero-order chi connectivity index (χ0) is 23.3. The highest BCUT2D eigenvalue weighted by Crippen LogP contribution is 2.20. The van der Waals surface area contributed by atoms with Crippen molar-refractivity contribution in [2.45, 2.75) is 64.1 Å². The minimum atomic E-state index is -0.739. The molecule has 32 heavy (non-hydrogen) atoms. The average Bonchev–Trinajstić information content (AvgIpc) is 2.74. The number of hydroxylamine groups is 2. The molecular weight excluding hydrogens is 414 g/mol. The van der Waals surface area contributed by atoms with Gasteiger partial charge in [0.15, 0.2) is 5.78 Å². The van der Waals surface area contributed by atoms with E-state index in [0.29, 0.717) is 31.5 Å². The van der Waals surface area contributed by atoms with Crippen molar-refractivity contribution in [1.82, 2.24) is 15.3 Å². The first-order valence-corrected chi connectivity index (χ1v) is 11.0. The van der Waals surface area contributed by atoms with Gasteiger partial charge in [0, 0.05) is 25.6 Å². The van der Waals surface area contributed by atoms with Crippen LogP contribution < -0.4 is 5.32 Å². The number of nitrogens with one attached hydrogen (secondary N) is 1. The number of ketones is 1. The summed E-state index contributed by atoms with van der Waals surface area (Å²) in [5, 5.41) is 4.59. The summed E-state index contributed by atoms with van der Waals surface area (Å²) >= 11 is 0. The van der Waals surface area contributed by atoms with Crippen LogP contribution in [0, 0.1) is 0 Å². The number of rotatable bonds is 4. The summed E-state index contributed by atoms with van der Waals surface area (Å²) in [4.78, 5) is 56.2. The zero-order valence-electron chi connectivity index (χ0n) is 18.8. The molecule has 0 aromatic heterocycles. The topological polar surface area (TPSA) is 105 Å². The standard InChI is InChI=1S/C23H31N3O6/c1-23(2,3)31-22(30)26-15-18(27)9-10-19(26)20(28)24-17-11-13-25(14-12-17)32-21(29)16-7-5-4-6-8-16/h4-8,17,19H,9-15H2,1-3H3,(H,24,28)/t19-/m0/s1. The number of carbonyl (C=O) groups is 4. The van der Waals surface area contributed by atoms with Gasteiger partial charge in [-0.25, -0.2) is 9.59 Å². The van der Waals surface area contributed by atoms with Crippen molar-refractivity contribution in [3.63, 3.8) is 0 Å².